The normalized spacial score (nSPS) is 10.5. The molecule has 0 spiro atoms. The summed E-state index contributed by atoms with van der Waals surface area (Å²) in [4.78, 5) is 35.0. The van der Waals surface area contributed by atoms with Gasteiger partial charge in [-0.1, -0.05) is 12.1 Å². The summed E-state index contributed by atoms with van der Waals surface area (Å²) in [5.41, 5.74) is 2.12. The number of fused-ring (bicyclic) bond motifs is 1. The minimum Gasteiger partial charge on any atom is -0.450 e. The minimum absolute atomic E-state index is 0.195. The Kier molecular flexibility index (Phi) is 5.64. The minimum atomic E-state index is -0.868. The van der Waals surface area contributed by atoms with E-state index >= 15 is 0 Å². The number of anilines is 1. The highest BCUT2D eigenvalue weighted by atomic mass is 16.7. The second kappa shape index (κ2) is 8.30. The Labute approximate surface area is 159 Å². The van der Waals surface area contributed by atoms with E-state index < -0.39 is 18.0 Å². The van der Waals surface area contributed by atoms with Crippen LogP contribution in [0.15, 0.2) is 51.7 Å². The van der Waals surface area contributed by atoms with Gasteiger partial charge in [0, 0.05) is 11.8 Å². The molecule has 2 aromatic carbocycles. The summed E-state index contributed by atoms with van der Waals surface area (Å²) in [6.07, 6.45) is -1.42. The van der Waals surface area contributed by atoms with Gasteiger partial charge in [0.05, 0.1) is 25.8 Å². The van der Waals surface area contributed by atoms with Crippen molar-refractivity contribution in [3.8, 4) is 5.75 Å². The number of ether oxygens (including phenoxy) is 3. The van der Waals surface area contributed by atoms with Gasteiger partial charge >= 0.3 is 18.0 Å². The molecule has 3 rings (SSSR count). The average Bonchev–Trinajstić information content (AvgIpc) is 2.96. The summed E-state index contributed by atoms with van der Waals surface area (Å²) in [6.45, 7) is 2.21. The van der Waals surface area contributed by atoms with Crippen molar-refractivity contribution in [1.29, 1.82) is 0 Å². The molecule has 0 atom stereocenters. The molecule has 3 aromatic rings. The standard InChI is InChI=1S/C19H18N2O7/c1-3-26-17(22)20-13-6-4-5-12(9-13)11-21-15-8-7-14(27-19(24)25-2)10-16(15)28-18(21)23/h4-10H,3,11H2,1-2H3,(H,20,22). The van der Waals surface area contributed by atoms with Crippen LogP contribution in [0.3, 0.4) is 0 Å². The summed E-state index contributed by atoms with van der Waals surface area (Å²) < 4.78 is 20.9. The number of carbonyl (C=O) groups excluding carboxylic acids is 2. The SMILES string of the molecule is CCOC(=O)Nc1cccc(Cn2c(=O)oc3cc(OC(=O)OC)ccc32)c1. The quantitative estimate of drug-likeness (QED) is 0.529. The lowest BCUT2D eigenvalue weighted by molar-refractivity contribution is 0.121. The number of hydrogen-bond donors (Lipinski definition) is 1. The predicted molar refractivity (Wildman–Crippen MR) is 99.7 cm³/mol. The third kappa shape index (κ3) is 4.32. The van der Waals surface area contributed by atoms with Crippen LogP contribution in [0, 0.1) is 0 Å². The molecule has 0 aliphatic carbocycles. The van der Waals surface area contributed by atoms with Crippen LogP contribution in [0.5, 0.6) is 5.75 Å². The van der Waals surface area contributed by atoms with Crippen molar-refractivity contribution in [1.82, 2.24) is 4.57 Å². The summed E-state index contributed by atoms with van der Waals surface area (Å²) in [5, 5.41) is 2.61. The molecule has 0 fully saturated rings. The van der Waals surface area contributed by atoms with Crippen LogP contribution in [-0.4, -0.2) is 30.5 Å². The predicted octanol–water partition coefficient (Wildman–Crippen LogP) is 3.36. The Bertz CT molecular complexity index is 1070. The van der Waals surface area contributed by atoms with Crippen LogP contribution in [0.1, 0.15) is 12.5 Å². The third-order valence-electron chi connectivity index (χ3n) is 3.80. The topological polar surface area (TPSA) is 109 Å². The first-order valence-electron chi connectivity index (χ1n) is 8.42. The van der Waals surface area contributed by atoms with Crippen LogP contribution in [0.4, 0.5) is 15.3 Å². The van der Waals surface area contributed by atoms with Crippen molar-refractivity contribution >= 4 is 29.0 Å². The highest BCUT2D eigenvalue weighted by Gasteiger charge is 2.13. The zero-order valence-electron chi connectivity index (χ0n) is 15.3. The summed E-state index contributed by atoms with van der Waals surface area (Å²) >= 11 is 0. The van der Waals surface area contributed by atoms with Gasteiger partial charge in [0.2, 0.25) is 0 Å². The van der Waals surface area contributed by atoms with Gasteiger partial charge in [-0.2, -0.15) is 0 Å². The van der Waals surface area contributed by atoms with Crippen molar-refractivity contribution in [3.63, 3.8) is 0 Å². The molecular weight excluding hydrogens is 368 g/mol. The first-order chi connectivity index (χ1) is 13.5. The van der Waals surface area contributed by atoms with Gasteiger partial charge in [0.15, 0.2) is 5.58 Å². The number of nitrogens with zero attached hydrogens (tertiary/aromatic N) is 1. The molecule has 0 aliphatic rings. The van der Waals surface area contributed by atoms with E-state index in [0.29, 0.717) is 11.2 Å². The van der Waals surface area contributed by atoms with Gasteiger partial charge in [0.1, 0.15) is 5.75 Å². The Hall–Kier alpha value is -3.75. The maximum atomic E-state index is 12.3. The maximum Gasteiger partial charge on any atom is 0.513 e. The van der Waals surface area contributed by atoms with E-state index in [4.69, 9.17) is 13.9 Å². The van der Waals surface area contributed by atoms with Gasteiger partial charge in [-0.15, -0.1) is 0 Å². The highest BCUT2D eigenvalue weighted by molar-refractivity contribution is 5.84. The number of aromatic nitrogens is 1. The molecule has 0 bridgehead atoms. The number of nitrogens with one attached hydrogen (secondary N) is 1. The van der Waals surface area contributed by atoms with Gasteiger partial charge in [-0.25, -0.2) is 14.4 Å². The van der Waals surface area contributed by atoms with Gasteiger partial charge in [0.25, 0.3) is 0 Å². The molecule has 0 radical (unpaired) electrons. The summed E-state index contributed by atoms with van der Waals surface area (Å²) in [6, 6.07) is 11.6. The van der Waals surface area contributed by atoms with Crippen LogP contribution >= 0.6 is 0 Å². The van der Waals surface area contributed by atoms with Crippen molar-refractivity contribution in [2.24, 2.45) is 0 Å². The Balaban J connectivity index is 1.84. The van der Waals surface area contributed by atoms with E-state index in [1.165, 1.54) is 23.8 Å². The van der Waals surface area contributed by atoms with Crippen LogP contribution < -0.4 is 15.8 Å². The van der Waals surface area contributed by atoms with E-state index in [2.05, 4.69) is 10.1 Å². The van der Waals surface area contributed by atoms with E-state index in [1.54, 1.807) is 31.2 Å². The molecule has 0 unspecified atom stereocenters. The smallest absolute Gasteiger partial charge is 0.450 e. The number of hydrogen-bond acceptors (Lipinski definition) is 7. The Morgan fingerprint density at radius 3 is 2.75 bits per heavy atom. The zero-order valence-corrected chi connectivity index (χ0v) is 15.3. The van der Waals surface area contributed by atoms with Gasteiger partial charge in [-0.3, -0.25) is 9.88 Å². The fourth-order valence-electron chi connectivity index (χ4n) is 2.61. The lowest BCUT2D eigenvalue weighted by Gasteiger charge is -2.08. The first kappa shape index (κ1) is 19.0. The Morgan fingerprint density at radius 1 is 1.18 bits per heavy atom. The lowest BCUT2D eigenvalue weighted by atomic mass is 10.2. The number of amides is 1. The maximum absolute atomic E-state index is 12.3. The molecule has 9 heteroatoms. The molecule has 0 saturated heterocycles. The highest BCUT2D eigenvalue weighted by Crippen LogP contribution is 2.22. The van der Waals surface area contributed by atoms with Crippen LogP contribution in [0.2, 0.25) is 0 Å². The Morgan fingerprint density at radius 2 is 2.00 bits per heavy atom. The number of benzene rings is 2. The zero-order chi connectivity index (χ0) is 20.1. The summed E-state index contributed by atoms with van der Waals surface area (Å²) in [7, 11) is 1.20. The molecular formula is C19H18N2O7. The van der Waals surface area contributed by atoms with E-state index in [1.807, 2.05) is 6.07 Å². The van der Waals surface area contributed by atoms with Gasteiger partial charge in [-0.05, 0) is 36.8 Å². The lowest BCUT2D eigenvalue weighted by Crippen LogP contribution is -2.16. The molecule has 1 aromatic heterocycles. The summed E-state index contributed by atoms with van der Waals surface area (Å²) in [5.74, 6) is -0.366. The molecule has 1 amide bonds. The second-order valence-corrected chi connectivity index (χ2v) is 5.69. The van der Waals surface area contributed by atoms with E-state index in [9.17, 15) is 14.4 Å². The van der Waals surface area contributed by atoms with Crippen LogP contribution in [0.25, 0.3) is 11.1 Å². The molecule has 1 N–H and O–H groups in total. The fourth-order valence-corrected chi connectivity index (χ4v) is 2.61. The molecule has 0 saturated carbocycles. The van der Waals surface area contributed by atoms with Crippen molar-refractivity contribution in [2.75, 3.05) is 19.0 Å². The van der Waals surface area contributed by atoms with Crippen molar-refractivity contribution in [2.45, 2.75) is 13.5 Å². The monoisotopic (exact) mass is 386 g/mol. The molecule has 146 valence electrons. The van der Waals surface area contributed by atoms with E-state index in [-0.39, 0.29) is 24.5 Å². The van der Waals surface area contributed by atoms with Crippen molar-refractivity contribution in [3.05, 3.63) is 58.6 Å². The van der Waals surface area contributed by atoms with Gasteiger partial charge < -0.3 is 18.6 Å². The number of oxazole rings is 1. The number of methoxy groups -OCH3 is 1. The second-order valence-electron chi connectivity index (χ2n) is 5.69. The molecule has 0 aliphatic heterocycles. The molecule has 28 heavy (non-hydrogen) atoms. The first-order valence-corrected chi connectivity index (χ1v) is 8.42. The third-order valence-corrected chi connectivity index (χ3v) is 3.80. The number of rotatable bonds is 5. The fraction of sp³-hybridized carbons (Fsp3) is 0.211. The average molecular weight is 386 g/mol. The van der Waals surface area contributed by atoms with Crippen molar-refractivity contribution < 1.29 is 28.2 Å². The molecule has 9 nitrogen and oxygen atoms in total. The largest absolute Gasteiger partial charge is 0.513 e. The van der Waals surface area contributed by atoms with Crippen LogP contribution in [-0.2, 0) is 16.0 Å². The number of carbonyl (C=O) groups is 2. The van der Waals surface area contributed by atoms with E-state index in [0.717, 1.165) is 5.56 Å². The molecule has 1 heterocycles.